The van der Waals surface area contributed by atoms with Crippen molar-refractivity contribution in [2.45, 2.75) is 25.2 Å². The van der Waals surface area contributed by atoms with Gasteiger partial charge in [-0.25, -0.2) is 4.39 Å². The molecule has 0 saturated carbocycles. The SMILES string of the molecule is NCC(c1cccc(F)c1)C(O)c1ccc2c(c1)COC2. The summed E-state index contributed by atoms with van der Waals surface area (Å²) in [7, 11) is 0. The topological polar surface area (TPSA) is 55.5 Å². The van der Waals surface area contributed by atoms with Crippen molar-refractivity contribution < 1.29 is 14.2 Å². The molecule has 2 unspecified atom stereocenters. The lowest BCUT2D eigenvalue weighted by Gasteiger charge is -2.23. The molecule has 0 aromatic heterocycles. The predicted octanol–water partition coefficient (Wildman–Crippen LogP) is 2.63. The van der Waals surface area contributed by atoms with Crippen molar-refractivity contribution in [1.29, 1.82) is 0 Å². The molecule has 110 valence electrons. The fraction of sp³-hybridized carbons (Fsp3) is 0.294. The Hall–Kier alpha value is -1.75. The van der Waals surface area contributed by atoms with E-state index in [-0.39, 0.29) is 18.3 Å². The van der Waals surface area contributed by atoms with Gasteiger partial charge in [0.1, 0.15) is 5.82 Å². The van der Waals surface area contributed by atoms with Gasteiger partial charge in [0.25, 0.3) is 0 Å². The number of hydrogen-bond acceptors (Lipinski definition) is 3. The summed E-state index contributed by atoms with van der Waals surface area (Å²) in [6.45, 7) is 1.44. The molecule has 0 radical (unpaired) electrons. The van der Waals surface area contributed by atoms with Crippen molar-refractivity contribution in [2.24, 2.45) is 5.73 Å². The minimum atomic E-state index is -0.761. The zero-order valence-corrected chi connectivity index (χ0v) is 11.6. The molecule has 1 aliphatic heterocycles. The first-order valence-corrected chi connectivity index (χ1v) is 7.02. The molecule has 0 saturated heterocycles. The molecule has 2 atom stereocenters. The summed E-state index contributed by atoms with van der Waals surface area (Å²) in [5, 5.41) is 10.6. The largest absolute Gasteiger partial charge is 0.388 e. The van der Waals surface area contributed by atoms with E-state index in [1.807, 2.05) is 18.2 Å². The van der Waals surface area contributed by atoms with E-state index >= 15 is 0 Å². The van der Waals surface area contributed by atoms with Crippen LogP contribution in [-0.2, 0) is 18.0 Å². The Morgan fingerprint density at radius 1 is 1.10 bits per heavy atom. The van der Waals surface area contributed by atoms with E-state index in [0.29, 0.717) is 18.8 Å². The van der Waals surface area contributed by atoms with Gasteiger partial charge in [0.2, 0.25) is 0 Å². The van der Waals surface area contributed by atoms with Crippen LogP contribution in [0.5, 0.6) is 0 Å². The summed E-state index contributed by atoms with van der Waals surface area (Å²) in [5.74, 6) is -0.651. The number of aliphatic hydroxyl groups is 1. The highest BCUT2D eigenvalue weighted by atomic mass is 19.1. The number of hydrogen-bond donors (Lipinski definition) is 2. The van der Waals surface area contributed by atoms with Crippen LogP contribution in [0.2, 0.25) is 0 Å². The van der Waals surface area contributed by atoms with E-state index in [1.54, 1.807) is 12.1 Å². The Bertz CT molecular complexity index is 644. The molecule has 21 heavy (non-hydrogen) atoms. The highest BCUT2D eigenvalue weighted by Gasteiger charge is 2.23. The molecule has 1 aliphatic rings. The minimum absolute atomic E-state index is 0.248. The number of benzene rings is 2. The molecule has 0 bridgehead atoms. The summed E-state index contributed by atoms with van der Waals surface area (Å²) in [5.41, 5.74) is 9.55. The minimum Gasteiger partial charge on any atom is -0.388 e. The third kappa shape index (κ3) is 2.83. The molecular weight excluding hydrogens is 269 g/mol. The Morgan fingerprint density at radius 2 is 1.90 bits per heavy atom. The van der Waals surface area contributed by atoms with E-state index in [2.05, 4.69) is 0 Å². The smallest absolute Gasteiger partial charge is 0.123 e. The van der Waals surface area contributed by atoms with Crippen molar-refractivity contribution in [2.75, 3.05) is 6.54 Å². The van der Waals surface area contributed by atoms with Gasteiger partial charge < -0.3 is 15.6 Å². The van der Waals surface area contributed by atoms with Gasteiger partial charge in [0, 0.05) is 12.5 Å². The van der Waals surface area contributed by atoms with Crippen LogP contribution in [0.15, 0.2) is 42.5 Å². The second kappa shape index (κ2) is 5.93. The first-order chi connectivity index (χ1) is 10.2. The third-order valence-electron chi connectivity index (χ3n) is 4.00. The predicted molar refractivity (Wildman–Crippen MR) is 78.1 cm³/mol. The Balaban J connectivity index is 1.90. The second-order valence-electron chi connectivity index (χ2n) is 5.36. The molecule has 1 heterocycles. The lowest BCUT2D eigenvalue weighted by molar-refractivity contribution is 0.134. The Labute approximate surface area is 123 Å². The van der Waals surface area contributed by atoms with Crippen LogP contribution in [0.4, 0.5) is 4.39 Å². The highest BCUT2D eigenvalue weighted by molar-refractivity contribution is 5.36. The standard InChI is InChI=1S/C17H18FNO2/c18-15-3-1-2-11(7-15)16(8-19)17(20)12-4-5-13-9-21-10-14(13)6-12/h1-7,16-17,20H,8-10,19H2. The average Bonchev–Trinajstić information content (AvgIpc) is 2.95. The summed E-state index contributed by atoms with van der Waals surface area (Å²) in [6, 6.07) is 12.1. The molecule has 2 aromatic rings. The zero-order chi connectivity index (χ0) is 14.8. The summed E-state index contributed by atoms with van der Waals surface area (Å²) < 4.78 is 18.8. The summed E-state index contributed by atoms with van der Waals surface area (Å²) >= 11 is 0. The maximum atomic E-state index is 13.4. The number of fused-ring (bicyclic) bond motifs is 1. The number of rotatable bonds is 4. The van der Waals surface area contributed by atoms with E-state index in [1.165, 1.54) is 12.1 Å². The second-order valence-corrected chi connectivity index (χ2v) is 5.36. The lowest BCUT2D eigenvalue weighted by atomic mass is 9.88. The summed E-state index contributed by atoms with van der Waals surface area (Å²) in [6.07, 6.45) is -0.761. The molecule has 3 rings (SSSR count). The normalized spacial score (nSPS) is 16.5. The van der Waals surface area contributed by atoms with Crippen molar-refractivity contribution in [1.82, 2.24) is 0 Å². The first-order valence-electron chi connectivity index (χ1n) is 7.02. The van der Waals surface area contributed by atoms with E-state index in [4.69, 9.17) is 10.5 Å². The number of halogens is 1. The van der Waals surface area contributed by atoms with E-state index in [0.717, 1.165) is 16.7 Å². The van der Waals surface area contributed by atoms with Crippen molar-refractivity contribution in [3.63, 3.8) is 0 Å². The molecule has 3 N–H and O–H groups in total. The van der Waals surface area contributed by atoms with Gasteiger partial charge >= 0.3 is 0 Å². The van der Waals surface area contributed by atoms with Gasteiger partial charge in [-0.3, -0.25) is 0 Å². The fourth-order valence-electron chi connectivity index (χ4n) is 2.79. The maximum Gasteiger partial charge on any atom is 0.123 e. The van der Waals surface area contributed by atoms with E-state index < -0.39 is 6.10 Å². The third-order valence-corrected chi connectivity index (χ3v) is 4.00. The van der Waals surface area contributed by atoms with Gasteiger partial charge in [0.15, 0.2) is 0 Å². The molecule has 2 aromatic carbocycles. The number of ether oxygens (including phenoxy) is 1. The van der Waals surface area contributed by atoms with Crippen LogP contribution in [0, 0.1) is 5.82 Å². The zero-order valence-electron chi connectivity index (χ0n) is 11.6. The summed E-state index contributed by atoms with van der Waals surface area (Å²) in [4.78, 5) is 0. The molecule has 0 fully saturated rings. The van der Waals surface area contributed by atoms with Gasteiger partial charge in [-0.1, -0.05) is 30.3 Å². The Kier molecular flexibility index (Phi) is 4.01. The number of aliphatic hydroxyl groups excluding tert-OH is 1. The molecule has 4 heteroatoms. The quantitative estimate of drug-likeness (QED) is 0.909. The molecule has 3 nitrogen and oxygen atoms in total. The van der Waals surface area contributed by atoms with Gasteiger partial charge in [-0.05, 0) is 34.4 Å². The van der Waals surface area contributed by atoms with Gasteiger partial charge in [-0.2, -0.15) is 0 Å². The molecular formula is C17H18FNO2. The van der Waals surface area contributed by atoms with Crippen LogP contribution in [0.25, 0.3) is 0 Å². The van der Waals surface area contributed by atoms with Gasteiger partial charge in [-0.15, -0.1) is 0 Å². The van der Waals surface area contributed by atoms with Gasteiger partial charge in [0.05, 0.1) is 19.3 Å². The van der Waals surface area contributed by atoms with Crippen LogP contribution < -0.4 is 5.73 Å². The molecule has 0 aliphatic carbocycles. The van der Waals surface area contributed by atoms with Crippen molar-refractivity contribution in [3.8, 4) is 0 Å². The fourth-order valence-corrected chi connectivity index (χ4v) is 2.79. The maximum absolute atomic E-state index is 13.4. The molecule has 0 spiro atoms. The van der Waals surface area contributed by atoms with Crippen molar-refractivity contribution in [3.05, 3.63) is 70.5 Å². The highest BCUT2D eigenvalue weighted by Crippen LogP contribution is 2.32. The average molecular weight is 287 g/mol. The van der Waals surface area contributed by atoms with Crippen molar-refractivity contribution >= 4 is 0 Å². The van der Waals surface area contributed by atoms with Crippen LogP contribution >= 0.6 is 0 Å². The van der Waals surface area contributed by atoms with E-state index in [9.17, 15) is 9.50 Å². The Morgan fingerprint density at radius 3 is 2.67 bits per heavy atom. The van der Waals surface area contributed by atoms with Crippen LogP contribution in [0.3, 0.4) is 0 Å². The van der Waals surface area contributed by atoms with Crippen LogP contribution in [-0.4, -0.2) is 11.7 Å². The number of nitrogens with two attached hydrogens (primary N) is 1. The monoisotopic (exact) mass is 287 g/mol. The molecule has 0 amide bonds. The first kappa shape index (κ1) is 14.2. The lowest BCUT2D eigenvalue weighted by Crippen LogP contribution is -2.20. The van der Waals surface area contributed by atoms with Crippen LogP contribution in [0.1, 0.15) is 34.3 Å².